The molecule has 0 aromatic heterocycles. The lowest BCUT2D eigenvalue weighted by atomic mass is 10.3. The fourth-order valence-corrected chi connectivity index (χ4v) is 3.18. The molecule has 0 aliphatic carbocycles. The van der Waals surface area contributed by atoms with Gasteiger partial charge in [0.05, 0.1) is 15.7 Å². The van der Waals surface area contributed by atoms with Gasteiger partial charge >= 0.3 is 0 Å². The molecule has 1 aliphatic rings. The first-order valence-electron chi connectivity index (χ1n) is 6.27. The smallest absolute Gasteiger partial charge is 0.0720 e. The highest BCUT2D eigenvalue weighted by molar-refractivity contribution is 6.41. The molecule has 1 heterocycles. The summed E-state index contributed by atoms with van der Waals surface area (Å²) in [7, 11) is 0. The fraction of sp³-hybridized carbons (Fsp3) is 0.538. The molecule has 0 unspecified atom stereocenters. The van der Waals surface area contributed by atoms with Crippen LogP contribution in [-0.2, 0) is 0 Å². The van der Waals surface area contributed by atoms with Gasteiger partial charge in [0.1, 0.15) is 0 Å². The van der Waals surface area contributed by atoms with Crippen LogP contribution in [0.3, 0.4) is 0 Å². The van der Waals surface area contributed by atoms with E-state index >= 15 is 0 Å². The van der Waals surface area contributed by atoms with Gasteiger partial charge in [0.15, 0.2) is 0 Å². The molecule has 5 heteroatoms. The first-order chi connectivity index (χ1) is 8.66. The molecule has 0 amide bonds. The third-order valence-corrected chi connectivity index (χ3v) is 3.97. The van der Waals surface area contributed by atoms with Crippen molar-refractivity contribution in [2.75, 3.05) is 31.5 Å². The van der Waals surface area contributed by atoms with E-state index in [1.807, 2.05) is 0 Å². The van der Waals surface area contributed by atoms with Gasteiger partial charge in [-0.2, -0.15) is 0 Å². The first kappa shape index (κ1) is 14.3. The number of hydrogen-bond donors (Lipinski definition) is 1. The van der Waals surface area contributed by atoms with E-state index in [0.29, 0.717) is 15.1 Å². The zero-order valence-electron chi connectivity index (χ0n) is 10.2. The second-order valence-electron chi connectivity index (χ2n) is 4.57. The van der Waals surface area contributed by atoms with Crippen LogP contribution >= 0.6 is 34.8 Å². The summed E-state index contributed by atoms with van der Waals surface area (Å²) >= 11 is 18.1. The number of rotatable bonds is 5. The second kappa shape index (κ2) is 6.85. The summed E-state index contributed by atoms with van der Waals surface area (Å²) in [5, 5.41) is 5.00. The van der Waals surface area contributed by atoms with Crippen LogP contribution in [0.2, 0.25) is 15.1 Å². The van der Waals surface area contributed by atoms with Crippen molar-refractivity contribution in [1.82, 2.24) is 4.90 Å². The lowest BCUT2D eigenvalue weighted by Crippen LogP contribution is -2.22. The number of anilines is 1. The molecule has 0 atom stereocenters. The van der Waals surface area contributed by atoms with E-state index in [1.165, 1.54) is 25.9 Å². The van der Waals surface area contributed by atoms with Gasteiger partial charge < -0.3 is 10.2 Å². The molecule has 0 bridgehead atoms. The lowest BCUT2D eigenvalue weighted by Gasteiger charge is -2.15. The van der Waals surface area contributed by atoms with E-state index < -0.39 is 0 Å². The van der Waals surface area contributed by atoms with Gasteiger partial charge in [0, 0.05) is 11.6 Å². The third kappa shape index (κ3) is 3.92. The van der Waals surface area contributed by atoms with Crippen molar-refractivity contribution >= 4 is 40.5 Å². The molecule has 0 spiro atoms. The van der Waals surface area contributed by atoms with Gasteiger partial charge in [-0.25, -0.2) is 0 Å². The maximum absolute atomic E-state index is 6.10. The van der Waals surface area contributed by atoms with Crippen molar-refractivity contribution in [3.63, 3.8) is 0 Å². The zero-order chi connectivity index (χ0) is 13.0. The molecule has 0 saturated carbocycles. The summed E-state index contributed by atoms with van der Waals surface area (Å²) in [4.78, 5) is 2.49. The molecule has 1 aromatic rings. The zero-order valence-corrected chi connectivity index (χ0v) is 12.5. The molecule has 1 N–H and O–H groups in total. The van der Waals surface area contributed by atoms with Crippen molar-refractivity contribution in [3.05, 3.63) is 27.2 Å². The van der Waals surface area contributed by atoms with E-state index in [1.54, 1.807) is 12.1 Å². The number of likely N-dealkylation sites (tertiary alicyclic amines) is 1. The van der Waals surface area contributed by atoms with Gasteiger partial charge in [0.25, 0.3) is 0 Å². The largest absolute Gasteiger partial charge is 0.383 e. The van der Waals surface area contributed by atoms with Crippen LogP contribution in [-0.4, -0.2) is 31.1 Å². The van der Waals surface area contributed by atoms with Crippen molar-refractivity contribution in [2.45, 2.75) is 19.3 Å². The minimum Gasteiger partial charge on any atom is -0.383 e. The summed E-state index contributed by atoms with van der Waals surface area (Å²) in [5.74, 6) is 0. The molecule has 2 nitrogen and oxygen atoms in total. The Labute approximate surface area is 123 Å². The Morgan fingerprint density at radius 2 is 1.67 bits per heavy atom. The van der Waals surface area contributed by atoms with Gasteiger partial charge in [-0.05, 0) is 51.0 Å². The highest BCUT2D eigenvalue weighted by atomic mass is 35.5. The van der Waals surface area contributed by atoms with Crippen molar-refractivity contribution in [1.29, 1.82) is 0 Å². The van der Waals surface area contributed by atoms with Crippen LogP contribution in [0.4, 0.5) is 5.69 Å². The summed E-state index contributed by atoms with van der Waals surface area (Å²) in [5.41, 5.74) is 0.782. The Balaban J connectivity index is 1.79. The molecule has 18 heavy (non-hydrogen) atoms. The summed E-state index contributed by atoms with van der Waals surface area (Å²) in [6.07, 6.45) is 3.76. The highest BCUT2D eigenvalue weighted by Crippen LogP contribution is 2.33. The van der Waals surface area contributed by atoms with Crippen molar-refractivity contribution < 1.29 is 0 Å². The fourth-order valence-electron chi connectivity index (χ4n) is 2.23. The van der Waals surface area contributed by atoms with E-state index in [9.17, 15) is 0 Å². The number of nitrogens with one attached hydrogen (secondary N) is 1. The Morgan fingerprint density at radius 3 is 2.28 bits per heavy atom. The van der Waals surface area contributed by atoms with E-state index in [4.69, 9.17) is 34.8 Å². The molecular formula is C13H17Cl3N2. The molecular weight excluding hydrogens is 291 g/mol. The number of benzene rings is 1. The van der Waals surface area contributed by atoms with Crippen LogP contribution in [0.25, 0.3) is 0 Å². The summed E-state index contributed by atoms with van der Waals surface area (Å²) < 4.78 is 0. The number of halogens is 3. The first-order valence-corrected chi connectivity index (χ1v) is 7.41. The maximum Gasteiger partial charge on any atom is 0.0720 e. The van der Waals surface area contributed by atoms with Crippen LogP contribution in [0.15, 0.2) is 12.1 Å². The van der Waals surface area contributed by atoms with E-state index in [2.05, 4.69) is 10.2 Å². The third-order valence-electron chi connectivity index (χ3n) is 3.16. The standard InChI is InChI=1S/C13H17Cl3N2/c14-10-8-11(15)13(12(16)9-10)17-4-3-7-18-5-1-2-6-18/h8-9,17H,1-7H2. The molecule has 1 aromatic carbocycles. The minimum absolute atomic E-state index is 0.563. The van der Waals surface area contributed by atoms with E-state index in [-0.39, 0.29) is 0 Å². The topological polar surface area (TPSA) is 15.3 Å². The van der Waals surface area contributed by atoms with Gasteiger partial charge in [0.2, 0.25) is 0 Å². The maximum atomic E-state index is 6.10. The minimum atomic E-state index is 0.563. The van der Waals surface area contributed by atoms with Gasteiger partial charge in [-0.1, -0.05) is 34.8 Å². The Kier molecular flexibility index (Phi) is 5.43. The normalized spacial score (nSPS) is 16.2. The molecule has 1 aliphatic heterocycles. The molecule has 2 rings (SSSR count). The van der Waals surface area contributed by atoms with Gasteiger partial charge in [-0.3, -0.25) is 0 Å². The van der Waals surface area contributed by atoms with Crippen molar-refractivity contribution in [2.24, 2.45) is 0 Å². The van der Waals surface area contributed by atoms with Crippen LogP contribution in [0, 0.1) is 0 Å². The molecule has 100 valence electrons. The van der Waals surface area contributed by atoms with Crippen LogP contribution in [0.5, 0.6) is 0 Å². The Bertz CT molecular complexity index is 380. The quantitative estimate of drug-likeness (QED) is 0.803. The van der Waals surface area contributed by atoms with Crippen LogP contribution in [0.1, 0.15) is 19.3 Å². The van der Waals surface area contributed by atoms with E-state index in [0.717, 1.165) is 25.2 Å². The summed E-state index contributed by atoms with van der Waals surface area (Å²) in [6.45, 7) is 4.48. The highest BCUT2D eigenvalue weighted by Gasteiger charge is 2.11. The van der Waals surface area contributed by atoms with Crippen molar-refractivity contribution in [3.8, 4) is 0 Å². The second-order valence-corrected chi connectivity index (χ2v) is 5.82. The van der Waals surface area contributed by atoms with Crippen LogP contribution < -0.4 is 5.32 Å². The Hall–Kier alpha value is -0.150. The summed E-state index contributed by atoms with van der Waals surface area (Å²) in [6, 6.07) is 3.41. The lowest BCUT2D eigenvalue weighted by molar-refractivity contribution is 0.337. The number of hydrogen-bond acceptors (Lipinski definition) is 2. The SMILES string of the molecule is Clc1cc(Cl)c(NCCCN2CCCC2)c(Cl)c1. The molecule has 1 saturated heterocycles. The predicted octanol–water partition coefficient (Wildman–Crippen LogP) is 4.54. The predicted molar refractivity (Wildman–Crippen MR) is 80.3 cm³/mol. The monoisotopic (exact) mass is 306 g/mol. The molecule has 1 fully saturated rings. The van der Waals surface area contributed by atoms with Gasteiger partial charge in [-0.15, -0.1) is 0 Å². The Morgan fingerprint density at radius 1 is 1.06 bits per heavy atom. The average Bonchev–Trinajstić information content (AvgIpc) is 2.79. The molecule has 0 radical (unpaired) electrons. The average molecular weight is 308 g/mol. The number of nitrogens with zero attached hydrogens (tertiary/aromatic N) is 1.